The molecule has 0 radical (unpaired) electrons. The van der Waals surface area contributed by atoms with Crippen LogP contribution in [-0.4, -0.2) is 29.5 Å². The Morgan fingerprint density at radius 2 is 1.81 bits per heavy atom. The van der Waals surface area contributed by atoms with Crippen molar-refractivity contribution in [1.29, 1.82) is 0 Å². The first-order valence-electron chi connectivity index (χ1n) is 9.54. The summed E-state index contributed by atoms with van der Waals surface area (Å²) < 4.78 is 13.5. The summed E-state index contributed by atoms with van der Waals surface area (Å²) in [5.74, 6) is -0.918. The van der Waals surface area contributed by atoms with Gasteiger partial charge in [-0.25, -0.2) is 9.18 Å². The van der Waals surface area contributed by atoms with Crippen molar-refractivity contribution in [3.8, 4) is 11.1 Å². The topological polar surface area (TPSA) is 78.8 Å². The van der Waals surface area contributed by atoms with Crippen LogP contribution < -0.4 is 5.32 Å². The van der Waals surface area contributed by atoms with Gasteiger partial charge in [0, 0.05) is 23.6 Å². The number of hydrogen-bond donors (Lipinski definition) is 2. The number of benzene rings is 3. The summed E-state index contributed by atoms with van der Waals surface area (Å²) in [7, 11) is 0. The van der Waals surface area contributed by atoms with Gasteiger partial charge in [0.05, 0.1) is 11.3 Å². The van der Waals surface area contributed by atoms with E-state index in [2.05, 4.69) is 17.0 Å². The maximum absolute atomic E-state index is 13.5. The molecule has 0 aliphatic rings. The Balaban J connectivity index is 1.57. The number of aliphatic imine (C=N–C) groups is 1. The third kappa shape index (κ3) is 6.26. The van der Waals surface area contributed by atoms with Gasteiger partial charge in [-0.15, -0.1) is 11.8 Å². The van der Waals surface area contributed by atoms with Crippen molar-refractivity contribution in [3.05, 3.63) is 83.7 Å². The number of thioether (sulfide) groups is 1. The summed E-state index contributed by atoms with van der Waals surface area (Å²) in [6, 6.07) is 18.4. The summed E-state index contributed by atoms with van der Waals surface area (Å²) in [5.41, 5.74) is 3.23. The van der Waals surface area contributed by atoms with Crippen LogP contribution in [0.15, 0.2) is 76.6 Å². The standard InChI is InChI=1S/C24H21FN2O3S/c1-26-21-9-8-18(17-5-3-7-20(25)13-17)14-22(21)31-11-10-23(28)27-15-16-4-2-6-19(12-16)24(29)30/h2-9,12-14H,1,10-11,15H2,(H,27,28)(H,29,30). The number of hydrogen-bond acceptors (Lipinski definition) is 4. The van der Waals surface area contributed by atoms with Gasteiger partial charge in [0.1, 0.15) is 5.82 Å². The van der Waals surface area contributed by atoms with E-state index in [0.717, 1.165) is 21.6 Å². The molecule has 5 nitrogen and oxygen atoms in total. The maximum atomic E-state index is 13.5. The van der Waals surface area contributed by atoms with Crippen molar-refractivity contribution < 1.29 is 19.1 Å². The fourth-order valence-corrected chi connectivity index (χ4v) is 3.96. The van der Waals surface area contributed by atoms with Gasteiger partial charge >= 0.3 is 5.97 Å². The molecule has 0 unspecified atom stereocenters. The lowest BCUT2D eigenvalue weighted by Crippen LogP contribution is -2.23. The van der Waals surface area contributed by atoms with E-state index in [-0.39, 0.29) is 30.3 Å². The zero-order valence-electron chi connectivity index (χ0n) is 16.7. The van der Waals surface area contributed by atoms with Crippen LogP contribution >= 0.6 is 11.8 Å². The third-order valence-corrected chi connectivity index (χ3v) is 5.58. The van der Waals surface area contributed by atoms with Crippen molar-refractivity contribution in [2.24, 2.45) is 4.99 Å². The molecule has 0 spiro atoms. The first-order chi connectivity index (χ1) is 15.0. The summed E-state index contributed by atoms with van der Waals surface area (Å²) in [4.78, 5) is 28.1. The van der Waals surface area contributed by atoms with Gasteiger partial charge in [0.15, 0.2) is 0 Å². The van der Waals surface area contributed by atoms with E-state index in [0.29, 0.717) is 11.4 Å². The van der Waals surface area contributed by atoms with Crippen LogP contribution in [0.1, 0.15) is 22.3 Å². The van der Waals surface area contributed by atoms with E-state index in [4.69, 9.17) is 5.11 Å². The minimum absolute atomic E-state index is 0.136. The monoisotopic (exact) mass is 436 g/mol. The van der Waals surface area contributed by atoms with Gasteiger partial charge in [-0.05, 0) is 59.8 Å². The molecule has 31 heavy (non-hydrogen) atoms. The number of carboxylic acids is 1. The highest BCUT2D eigenvalue weighted by Gasteiger charge is 2.09. The van der Waals surface area contributed by atoms with Gasteiger partial charge in [0.2, 0.25) is 5.91 Å². The van der Waals surface area contributed by atoms with Crippen LogP contribution in [0.3, 0.4) is 0 Å². The summed E-state index contributed by atoms with van der Waals surface area (Å²) in [6.45, 7) is 3.85. The molecule has 0 saturated carbocycles. The molecule has 0 aromatic heterocycles. The van der Waals surface area contributed by atoms with Crippen molar-refractivity contribution in [3.63, 3.8) is 0 Å². The van der Waals surface area contributed by atoms with Crippen molar-refractivity contribution in [2.75, 3.05) is 5.75 Å². The van der Waals surface area contributed by atoms with E-state index >= 15 is 0 Å². The van der Waals surface area contributed by atoms with Crippen molar-refractivity contribution >= 4 is 36.0 Å². The van der Waals surface area contributed by atoms with Crippen molar-refractivity contribution in [1.82, 2.24) is 5.32 Å². The molecule has 1 amide bonds. The zero-order chi connectivity index (χ0) is 22.2. The number of carbonyl (C=O) groups is 2. The molecule has 2 N–H and O–H groups in total. The van der Waals surface area contributed by atoms with E-state index < -0.39 is 5.97 Å². The maximum Gasteiger partial charge on any atom is 0.335 e. The fourth-order valence-electron chi connectivity index (χ4n) is 2.97. The zero-order valence-corrected chi connectivity index (χ0v) is 17.5. The molecule has 3 aromatic carbocycles. The first-order valence-corrected chi connectivity index (χ1v) is 10.5. The molecule has 0 bridgehead atoms. The summed E-state index contributed by atoms with van der Waals surface area (Å²) in [6.07, 6.45) is 0.282. The quantitative estimate of drug-likeness (QED) is 0.351. The SMILES string of the molecule is C=Nc1ccc(-c2cccc(F)c2)cc1SCCC(=O)NCc1cccc(C(=O)O)c1. The second kappa shape index (κ2) is 10.5. The minimum atomic E-state index is -1.00. The second-order valence-electron chi connectivity index (χ2n) is 6.73. The number of carboxylic acid groups (broad SMARTS) is 1. The van der Waals surface area contributed by atoms with Crippen LogP contribution in [0.4, 0.5) is 10.1 Å². The highest BCUT2D eigenvalue weighted by molar-refractivity contribution is 7.99. The highest BCUT2D eigenvalue weighted by atomic mass is 32.2. The van der Waals surface area contributed by atoms with Crippen molar-refractivity contribution in [2.45, 2.75) is 17.9 Å². The van der Waals surface area contributed by atoms with Crippen LogP contribution in [-0.2, 0) is 11.3 Å². The highest BCUT2D eigenvalue weighted by Crippen LogP contribution is 2.34. The average molecular weight is 437 g/mol. The van der Waals surface area contributed by atoms with E-state index in [1.807, 2.05) is 24.3 Å². The second-order valence-corrected chi connectivity index (χ2v) is 7.87. The fraction of sp³-hybridized carbons (Fsp3) is 0.125. The van der Waals surface area contributed by atoms with Gasteiger partial charge in [-0.3, -0.25) is 9.79 Å². The number of nitrogens with zero attached hydrogens (tertiary/aromatic N) is 1. The van der Waals surface area contributed by atoms with Gasteiger partial charge < -0.3 is 10.4 Å². The van der Waals surface area contributed by atoms with Crippen LogP contribution in [0.2, 0.25) is 0 Å². The normalized spacial score (nSPS) is 10.5. The molecule has 7 heteroatoms. The Bertz CT molecular complexity index is 1120. The average Bonchev–Trinajstić information content (AvgIpc) is 2.78. The molecular formula is C24H21FN2O3S. The Labute approximate surface area is 184 Å². The smallest absolute Gasteiger partial charge is 0.335 e. The van der Waals surface area contributed by atoms with Gasteiger partial charge in [-0.1, -0.05) is 30.3 Å². The molecule has 0 aliphatic heterocycles. The summed E-state index contributed by atoms with van der Waals surface area (Å²) >= 11 is 1.47. The van der Waals surface area contributed by atoms with E-state index in [1.54, 1.807) is 18.2 Å². The summed E-state index contributed by atoms with van der Waals surface area (Å²) in [5, 5.41) is 11.8. The lowest BCUT2D eigenvalue weighted by molar-refractivity contribution is -0.120. The predicted octanol–water partition coefficient (Wildman–Crippen LogP) is 5.32. The third-order valence-electron chi connectivity index (χ3n) is 4.54. The Hall–Kier alpha value is -3.45. The number of nitrogens with one attached hydrogen (secondary N) is 1. The Morgan fingerprint density at radius 1 is 1.03 bits per heavy atom. The molecule has 3 aromatic rings. The Morgan fingerprint density at radius 3 is 2.55 bits per heavy atom. The van der Waals surface area contributed by atoms with Crippen LogP contribution in [0, 0.1) is 5.82 Å². The minimum Gasteiger partial charge on any atom is -0.478 e. The molecule has 158 valence electrons. The molecule has 0 aliphatic carbocycles. The largest absolute Gasteiger partial charge is 0.478 e. The Kier molecular flexibility index (Phi) is 7.56. The number of halogens is 1. The molecular weight excluding hydrogens is 415 g/mol. The number of aromatic carboxylic acids is 1. The molecule has 0 fully saturated rings. The lowest BCUT2D eigenvalue weighted by atomic mass is 10.1. The number of carbonyl (C=O) groups excluding carboxylic acids is 1. The van der Waals surface area contributed by atoms with Crippen LogP contribution in [0.25, 0.3) is 11.1 Å². The molecule has 0 heterocycles. The van der Waals surface area contributed by atoms with Gasteiger partial charge in [-0.2, -0.15) is 0 Å². The molecule has 0 saturated heterocycles. The molecule has 0 atom stereocenters. The van der Waals surface area contributed by atoms with Crippen LogP contribution in [0.5, 0.6) is 0 Å². The predicted molar refractivity (Wildman–Crippen MR) is 122 cm³/mol. The number of amides is 1. The van der Waals surface area contributed by atoms with E-state index in [1.165, 1.54) is 36.0 Å². The lowest BCUT2D eigenvalue weighted by Gasteiger charge is -2.10. The van der Waals surface area contributed by atoms with Gasteiger partial charge in [0.25, 0.3) is 0 Å². The molecule has 3 rings (SSSR count). The van der Waals surface area contributed by atoms with E-state index in [9.17, 15) is 14.0 Å². The number of rotatable bonds is 9. The first kappa shape index (κ1) is 22.2.